The van der Waals surface area contributed by atoms with Gasteiger partial charge in [-0.1, -0.05) is 23.7 Å². The lowest BCUT2D eigenvalue weighted by molar-refractivity contribution is -0.194. The van der Waals surface area contributed by atoms with Crippen molar-refractivity contribution in [2.45, 2.75) is 31.3 Å². The summed E-state index contributed by atoms with van der Waals surface area (Å²) in [5.74, 6) is -5.62. The minimum absolute atomic E-state index is 0.0442. The second kappa shape index (κ2) is 9.42. The summed E-state index contributed by atoms with van der Waals surface area (Å²) < 4.78 is 15.7. The molecule has 4 N–H and O–H groups in total. The number of rotatable bonds is 10. The molecule has 2 unspecified atom stereocenters. The van der Waals surface area contributed by atoms with E-state index in [1.807, 2.05) is 6.92 Å². The summed E-state index contributed by atoms with van der Waals surface area (Å²) in [7, 11) is 0. The molecule has 0 saturated heterocycles. The molecule has 166 valence electrons. The largest absolute Gasteiger partial charge is 0.491 e. The van der Waals surface area contributed by atoms with Crippen molar-refractivity contribution in [3.05, 3.63) is 53.1 Å². The number of carboxylic acid groups (broad SMARTS) is 2. The number of benzene rings is 2. The number of carbonyl (C=O) groups is 2. The van der Waals surface area contributed by atoms with Gasteiger partial charge in [0.05, 0.1) is 0 Å². The van der Waals surface area contributed by atoms with Gasteiger partial charge >= 0.3 is 17.7 Å². The Morgan fingerprint density at radius 1 is 1.13 bits per heavy atom. The van der Waals surface area contributed by atoms with Gasteiger partial charge in [0.1, 0.15) is 18.5 Å². The van der Waals surface area contributed by atoms with Crippen LogP contribution in [-0.2, 0) is 16.0 Å². The van der Waals surface area contributed by atoms with Crippen LogP contribution in [0.3, 0.4) is 0 Å². The fraction of sp³-hybridized carbons (Fsp3) is 0.333. The lowest BCUT2D eigenvalue weighted by Gasteiger charge is -2.18. The summed E-state index contributed by atoms with van der Waals surface area (Å²) >= 11 is 5.89. The van der Waals surface area contributed by atoms with Crippen molar-refractivity contribution in [2.24, 2.45) is 0 Å². The molecule has 31 heavy (non-hydrogen) atoms. The summed E-state index contributed by atoms with van der Waals surface area (Å²) in [5.41, 5.74) is 0.776. The van der Waals surface area contributed by atoms with E-state index in [-0.39, 0.29) is 30.7 Å². The Morgan fingerprint density at radius 3 is 2.52 bits per heavy atom. The maximum absolute atomic E-state index is 11.3. The van der Waals surface area contributed by atoms with Crippen molar-refractivity contribution in [2.75, 3.05) is 13.2 Å². The van der Waals surface area contributed by atoms with E-state index in [4.69, 9.17) is 25.8 Å². The zero-order valence-corrected chi connectivity index (χ0v) is 17.3. The van der Waals surface area contributed by atoms with E-state index >= 15 is 0 Å². The van der Waals surface area contributed by atoms with Crippen LogP contribution in [-0.4, -0.2) is 58.3 Å². The second-order valence-electron chi connectivity index (χ2n) is 7.15. The maximum Gasteiger partial charge on any atom is 0.453 e. The quantitative estimate of drug-likeness (QED) is 0.399. The topological polar surface area (TPSA) is 135 Å². The van der Waals surface area contributed by atoms with Crippen LogP contribution < -0.4 is 19.5 Å². The lowest BCUT2D eigenvalue weighted by Crippen LogP contribution is -2.54. The maximum atomic E-state index is 11.3. The summed E-state index contributed by atoms with van der Waals surface area (Å²) in [4.78, 5) is 22.6. The van der Waals surface area contributed by atoms with Gasteiger partial charge in [-0.25, -0.2) is 9.59 Å². The Bertz CT molecular complexity index is 952. The van der Waals surface area contributed by atoms with Crippen LogP contribution in [0.4, 0.5) is 0 Å². The highest BCUT2D eigenvalue weighted by Crippen LogP contribution is 2.40. The van der Waals surface area contributed by atoms with Crippen LogP contribution in [0.1, 0.15) is 12.5 Å². The molecule has 9 nitrogen and oxygen atoms in total. The zero-order valence-electron chi connectivity index (χ0n) is 16.6. The lowest BCUT2D eigenvalue weighted by atomic mass is 10.1. The predicted octanol–water partition coefficient (Wildman–Crippen LogP) is 1.94. The minimum Gasteiger partial charge on any atom is -0.491 e. The van der Waals surface area contributed by atoms with Crippen molar-refractivity contribution < 1.29 is 39.1 Å². The molecular weight excluding hydrogens is 430 g/mol. The molecule has 1 aliphatic rings. The number of aliphatic hydroxyl groups excluding tert-OH is 1. The van der Waals surface area contributed by atoms with Gasteiger partial charge in [-0.15, -0.1) is 0 Å². The molecule has 0 aliphatic carbocycles. The fourth-order valence-corrected chi connectivity index (χ4v) is 3.19. The molecule has 0 radical (unpaired) electrons. The van der Waals surface area contributed by atoms with Crippen LogP contribution in [0.15, 0.2) is 42.5 Å². The highest BCUT2D eigenvalue weighted by atomic mass is 35.5. The van der Waals surface area contributed by atoms with Crippen molar-refractivity contribution in [1.82, 2.24) is 5.32 Å². The normalized spacial score (nSPS) is 15.8. The van der Waals surface area contributed by atoms with Crippen LogP contribution in [0.25, 0.3) is 0 Å². The van der Waals surface area contributed by atoms with Crippen LogP contribution in [0, 0.1) is 0 Å². The van der Waals surface area contributed by atoms with E-state index in [1.54, 1.807) is 36.4 Å². The molecule has 0 bridgehead atoms. The van der Waals surface area contributed by atoms with E-state index in [1.165, 1.54) is 6.07 Å². The molecule has 1 aliphatic heterocycles. The highest BCUT2D eigenvalue weighted by Gasteiger charge is 2.57. The van der Waals surface area contributed by atoms with Crippen molar-refractivity contribution in [3.63, 3.8) is 0 Å². The summed E-state index contributed by atoms with van der Waals surface area (Å²) in [6.07, 6.45) is -0.226. The van der Waals surface area contributed by atoms with E-state index in [2.05, 4.69) is 5.32 Å². The zero-order chi connectivity index (χ0) is 22.6. The number of carboxylic acids is 2. The molecule has 2 aromatic carbocycles. The molecule has 2 atom stereocenters. The van der Waals surface area contributed by atoms with Gasteiger partial charge in [0, 0.05) is 17.6 Å². The Balaban J connectivity index is 1.50. The molecule has 0 fully saturated rings. The number of aliphatic carboxylic acids is 2. The number of hydrogen-bond acceptors (Lipinski definition) is 7. The fourth-order valence-electron chi connectivity index (χ4n) is 3.01. The summed E-state index contributed by atoms with van der Waals surface area (Å²) in [6.45, 7) is 2.29. The number of fused-ring (bicyclic) bond motifs is 1. The Kier molecular flexibility index (Phi) is 6.89. The SMILES string of the molecule is CC(Cc1ccc2c(c1)OC(C(=O)O)(C(=O)O)O2)NCC(O)COc1cccc(Cl)c1. The van der Waals surface area contributed by atoms with Gasteiger partial charge in [-0.2, -0.15) is 0 Å². The smallest absolute Gasteiger partial charge is 0.453 e. The number of aliphatic hydroxyl groups is 1. The first-order valence-corrected chi connectivity index (χ1v) is 9.85. The molecule has 1 heterocycles. The Morgan fingerprint density at radius 2 is 1.84 bits per heavy atom. The number of ether oxygens (including phenoxy) is 3. The first-order valence-electron chi connectivity index (χ1n) is 9.47. The number of nitrogens with one attached hydrogen (secondary N) is 1. The first kappa shape index (κ1) is 22.7. The Labute approximate surface area is 183 Å². The second-order valence-corrected chi connectivity index (χ2v) is 7.58. The molecule has 3 rings (SSSR count). The first-order chi connectivity index (χ1) is 14.7. The molecular formula is C21H22ClNO8. The number of halogens is 1. The van der Waals surface area contributed by atoms with Crippen molar-refractivity contribution >= 4 is 23.5 Å². The van der Waals surface area contributed by atoms with Crippen LogP contribution >= 0.6 is 11.6 Å². The average Bonchev–Trinajstić information content (AvgIpc) is 3.11. The van der Waals surface area contributed by atoms with Gasteiger partial charge in [0.2, 0.25) is 0 Å². The Hall–Kier alpha value is -3.01. The van der Waals surface area contributed by atoms with Crippen LogP contribution in [0.2, 0.25) is 5.02 Å². The predicted molar refractivity (Wildman–Crippen MR) is 110 cm³/mol. The standard InChI is InChI=1S/C21H22ClNO8/c1-12(23-10-15(24)11-29-16-4-2-3-14(22)9-16)7-13-5-6-17-18(8-13)31-21(30-17,19(25)26)20(27)28/h2-6,8-9,12,15,23-24H,7,10-11H2,1H3,(H,25,26)(H,27,28). The average molecular weight is 452 g/mol. The molecule has 0 spiro atoms. The van der Waals surface area contributed by atoms with Crippen LogP contribution in [0.5, 0.6) is 17.2 Å². The van der Waals surface area contributed by atoms with E-state index in [0.717, 1.165) is 5.56 Å². The third-order valence-electron chi connectivity index (χ3n) is 4.56. The van der Waals surface area contributed by atoms with E-state index < -0.39 is 23.8 Å². The van der Waals surface area contributed by atoms with Gasteiger partial charge in [0.15, 0.2) is 11.5 Å². The van der Waals surface area contributed by atoms with Crippen molar-refractivity contribution in [3.8, 4) is 17.2 Å². The van der Waals surface area contributed by atoms with Gasteiger partial charge in [-0.05, 0) is 49.2 Å². The number of hydrogen-bond donors (Lipinski definition) is 4. The molecule has 0 aromatic heterocycles. The molecule has 10 heteroatoms. The van der Waals surface area contributed by atoms with Gasteiger partial charge in [-0.3, -0.25) is 0 Å². The van der Waals surface area contributed by atoms with E-state index in [0.29, 0.717) is 17.2 Å². The molecule has 0 amide bonds. The van der Waals surface area contributed by atoms with Gasteiger partial charge < -0.3 is 34.8 Å². The van der Waals surface area contributed by atoms with Gasteiger partial charge in [0.25, 0.3) is 0 Å². The monoisotopic (exact) mass is 451 g/mol. The minimum atomic E-state index is -2.78. The highest BCUT2D eigenvalue weighted by molar-refractivity contribution is 6.30. The molecule has 0 saturated carbocycles. The third kappa shape index (κ3) is 5.38. The summed E-state index contributed by atoms with van der Waals surface area (Å²) in [6, 6.07) is 11.5. The third-order valence-corrected chi connectivity index (χ3v) is 4.80. The van der Waals surface area contributed by atoms with E-state index in [9.17, 15) is 24.9 Å². The van der Waals surface area contributed by atoms with Crippen molar-refractivity contribution in [1.29, 1.82) is 0 Å². The molecule has 2 aromatic rings. The summed E-state index contributed by atoms with van der Waals surface area (Å²) in [5, 5.41) is 32.2.